The molecule has 9 nitrogen and oxygen atoms in total. The molecule has 9 heteroatoms. The zero-order valence-electron chi connectivity index (χ0n) is 21.9. The summed E-state index contributed by atoms with van der Waals surface area (Å²) in [6.45, 7) is 3.33. The van der Waals surface area contributed by atoms with E-state index in [-0.39, 0.29) is 5.91 Å². The summed E-state index contributed by atoms with van der Waals surface area (Å²) < 4.78 is 7.99. The molecule has 1 aromatic carbocycles. The van der Waals surface area contributed by atoms with E-state index in [0.717, 1.165) is 47.7 Å². The van der Waals surface area contributed by atoms with Gasteiger partial charge in [-0.1, -0.05) is 0 Å². The van der Waals surface area contributed by atoms with Crippen LogP contribution in [0, 0.1) is 18.8 Å². The molecular formula is C29H33N7O2. The predicted octanol–water partition coefficient (Wildman–Crippen LogP) is 4.99. The van der Waals surface area contributed by atoms with E-state index in [1.807, 2.05) is 14.0 Å². The number of aryl methyl sites for hydroxylation is 2. The molecule has 38 heavy (non-hydrogen) atoms. The van der Waals surface area contributed by atoms with Gasteiger partial charge < -0.3 is 20.3 Å². The number of hydrogen-bond donors (Lipinski definition) is 2. The van der Waals surface area contributed by atoms with Gasteiger partial charge in [-0.3, -0.25) is 9.78 Å². The maximum absolute atomic E-state index is 13.6. The van der Waals surface area contributed by atoms with Crippen molar-refractivity contribution in [3.63, 3.8) is 0 Å². The number of fused-ring (bicyclic) bond motifs is 7. The predicted molar refractivity (Wildman–Crippen MR) is 148 cm³/mol. The molecule has 1 unspecified atom stereocenters. The van der Waals surface area contributed by atoms with Gasteiger partial charge in [0.05, 0.1) is 35.4 Å². The summed E-state index contributed by atoms with van der Waals surface area (Å²) in [6.07, 6.45) is 8.72. The largest absolute Gasteiger partial charge is 0.477 e. The van der Waals surface area contributed by atoms with Gasteiger partial charge in [0, 0.05) is 36.6 Å². The van der Waals surface area contributed by atoms with Crippen molar-refractivity contribution >= 4 is 28.9 Å². The van der Waals surface area contributed by atoms with Gasteiger partial charge in [-0.05, 0) is 87.6 Å². The first-order valence-corrected chi connectivity index (χ1v) is 13.7. The molecule has 1 atom stereocenters. The van der Waals surface area contributed by atoms with Crippen molar-refractivity contribution in [1.82, 2.24) is 14.8 Å². The van der Waals surface area contributed by atoms with Gasteiger partial charge in [-0.25, -0.2) is 4.68 Å². The number of pyridine rings is 1. The van der Waals surface area contributed by atoms with Crippen LogP contribution in [0.1, 0.15) is 54.6 Å². The third kappa shape index (κ3) is 4.50. The molecule has 4 heterocycles. The van der Waals surface area contributed by atoms with Gasteiger partial charge in [-0.15, -0.1) is 0 Å². The van der Waals surface area contributed by atoms with Crippen LogP contribution in [0.5, 0.6) is 5.88 Å². The second-order valence-electron chi connectivity index (χ2n) is 11.1. The highest BCUT2D eigenvalue weighted by Gasteiger charge is 2.36. The van der Waals surface area contributed by atoms with Crippen molar-refractivity contribution < 1.29 is 9.53 Å². The number of aliphatic imine (C=N–C) groups is 1. The summed E-state index contributed by atoms with van der Waals surface area (Å²) in [7, 11) is 1.87. The zero-order chi connectivity index (χ0) is 25.8. The second kappa shape index (κ2) is 9.15. The Kier molecular flexibility index (Phi) is 5.60. The average molecular weight is 512 g/mol. The number of carbonyl (C=O) groups excluding carboxylic acids is 1. The topological polar surface area (TPSA) is 96.7 Å². The van der Waals surface area contributed by atoms with Gasteiger partial charge in [0.15, 0.2) is 0 Å². The van der Waals surface area contributed by atoms with E-state index in [9.17, 15) is 4.79 Å². The van der Waals surface area contributed by atoms with Crippen LogP contribution in [0.3, 0.4) is 0 Å². The molecule has 2 aliphatic carbocycles. The minimum Gasteiger partial charge on any atom is -0.477 e. The first-order valence-electron chi connectivity index (χ1n) is 13.7. The number of nitrogens with zero attached hydrogens (tertiary/aromatic N) is 5. The first kappa shape index (κ1) is 23.3. The highest BCUT2D eigenvalue weighted by atomic mass is 16.5. The van der Waals surface area contributed by atoms with Crippen molar-refractivity contribution in [3.05, 3.63) is 47.8 Å². The Morgan fingerprint density at radius 3 is 2.76 bits per heavy atom. The van der Waals surface area contributed by atoms with Crippen molar-refractivity contribution in [2.24, 2.45) is 23.9 Å². The lowest BCUT2D eigenvalue weighted by atomic mass is 9.97. The molecule has 4 aliphatic rings. The Morgan fingerprint density at radius 1 is 1.08 bits per heavy atom. The molecule has 2 bridgehead atoms. The second-order valence-corrected chi connectivity index (χ2v) is 11.1. The number of amides is 1. The molecule has 0 spiro atoms. The van der Waals surface area contributed by atoms with Gasteiger partial charge in [0.25, 0.3) is 5.91 Å². The van der Waals surface area contributed by atoms with E-state index in [0.29, 0.717) is 47.6 Å². The number of anilines is 3. The summed E-state index contributed by atoms with van der Waals surface area (Å²) in [5, 5.41) is 11.5. The standard InChI is InChI=1S/C29H33N7O2/c1-17-12-20-13-24(31-17)23-15-30-35(2)28(23)38-11-3-4-19(18-5-6-18)16-36-26-10-9-22(32-21-7-8-21)14-25(26)33-29(36)34-27(20)37/h9-10,12-15,18-19,21,32H,3-8,11,16H2,1-2H3,(H,33,34,37). The Bertz CT molecular complexity index is 1440. The molecule has 2 fully saturated rings. The Morgan fingerprint density at radius 2 is 1.95 bits per heavy atom. The normalized spacial score (nSPS) is 22.6. The molecule has 0 saturated heterocycles. The molecule has 0 radical (unpaired) electrons. The molecule has 2 N–H and O–H groups in total. The van der Waals surface area contributed by atoms with Crippen LogP contribution in [-0.4, -0.2) is 45.8 Å². The lowest BCUT2D eigenvalue weighted by molar-refractivity contribution is 0.100. The minimum absolute atomic E-state index is 0.294. The SMILES string of the molecule is Cc1cc2cc(n1)-c1cnn(C)c1OCCCC(C1CC1)CN1/C(=N/C2=O)Nc2cc(NC3CC3)ccc21. The molecule has 196 valence electrons. The number of guanidine groups is 1. The fraction of sp³-hybridized carbons (Fsp3) is 0.448. The summed E-state index contributed by atoms with van der Waals surface area (Å²) in [5.41, 5.74) is 5.87. The van der Waals surface area contributed by atoms with Crippen molar-refractivity contribution in [3.8, 4) is 17.1 Å². The number of hydrogen-bond acceptors (Lipinski definition) is 7. The van der Waals surface area contributed by atoms with Crippen LogP contribution < -0.4 is 20.3 Å². The first-order chi connectivity index (χ1) is 18.5. The van der Waals surface area contributed by atoms with E-state index in [2.05, 4.69) is 43.8 Å². The van der Waals surface area contributed by atoms with Crippen LogP contribution in [0.25, 0.3) is 11.3 Å². The highest BCUT2D eigenvalue weighted by molar-refractivity contribution is 6.19. The molecule has 2 saturated carbocycles. The van der Waals surface area contributed by atoms with Crippen LogP contribution >= 0.6 is 0 Å². The third-order valence-electron chi connectivity index (χ3n) is 7.97. The van der Waals surface area contributed by atoms with Gasteiger partial charge in [0.2, 0.25) is 11.8 Å². The van der Waals surface area contributed by atoms with E-state index in [4.69, 9.17) is 9.72 Å². The third-order valence-corrected chi connectivity index (χ3v) is 7.97. The summed E-state index contributed by atoms with van der Waals surface area (Å²) in [4.78, 5) is 25.1. The fourth-order valence-corrected chi connectivity index (χ4v) is 5.66. The smallest absolute Gasteiger partial charge is 0.280 e. The van der Waals surface area contributed by atoms with Crippen LogP contribution in [-0.2, 0) is 7.05 Å². The number of aromatic nitrogens is 3. The number of benzene rings is 1. The molecule has 7 rings (SSSR count). The monoisotopic (exact) mass is 511 g/mol. The van der Waals surface area contributed by atoms with Crippen molar-refractivity contribution in [2.45, 2.75) is 51.5 Å². The Hall–Kier alpha value is -3.88. The Balaban J connectivity index is 1.29. The zero-order valence-corrected chi connectivity index (χ0v) is 21.9. The Labute approximate surface area is 222 Å². The quantitative estimate of drug-likeness (QED) is 0.511. The number of rotatable bonds is 3. The van der Waals surface area contributed by atoms with Gasteiger partial charge in [-0.2, -0.15) is 10.1 Å². The van der Waals surface area contributed by atoms with E-state index in [1.165, 1.54) is 25.7 Å². The summed E-state index contributed by atoms with van der Waals surface area (Å²) in [5.74, 6) is 2.19. The fourth-order valence-electron chi connectivity index (χ4n) is 5.66. The molecule has 2 aromatic heterocycles. The molecule has 3 aromatic rings. The van der Waals surface area contributed by atoms with E-state index >= 15 is 0 Å². The maximum atomic E-state index is 13.6. The lowest BCUT2D eigenvalue weighted by Crippen LogP contribution is -2.36. The van der Waals surface area contributed by atoms with Gasteiger partial charge >= 0.3 is 0 Å². The summed E-state index contributed by atoms with van der Waals surface area (Å²) in [6, 6.07) is 10.6. The lowest BCUT2D eigenvalue weighted by Gasteiger charge is -2.25. The van der Waals surface area contributed by atoms with Crippen LogP contribution in [0.15, 0.2) is 41.5 Å². The maximum Gasteiger partial charge on any atom is 0.280 e. The number of nitrogens with one attached hydrogen (secondary N) is 2. The van der Waals surface area contributed by atoms with E-state index < -0.39 is 0 Å². The number of ether oxygens (including phenoxy) is 1. The van der Waals surface area contributed by atoms with Gasteiger partial charge in [0.1, 0.15) is 0 Å². The molecule has 1 amide bonds. The van der Waals surface area contributed by atoms with Crippen molar-refractivity contribution in [2.75, 3.05) is 28.7 Å². The number of carbonyl (C=O) groups is 1. The highest BCUT2D eigenvalue weighted by Crippen LogP contribution is 2.43. The average Bonchev–Trinajstić information content (AvgIpc) is 3.82. The van der Waals surface area contributed by atoms with Crippen LogP contribution in [0.2, 0.25) is 0 Å². The summed E-state index contributed by atoms with van der Waals surface area (Å²) >= 11 is 0. The minimum atomic E-state index is -0.294. The molecular weight excluding hydrogens is 478 g/mol. The molecule has 2 aliphatic heterocycles. The van der Waals surface area contributed by atoms with Crippen molar-refractivity contribution in [1.29, 1.82) is 0 Å². The van der Waals surface area contributed by atoms with E-state index in [1.54, 1.807) is 23.0 Å². The van der Waals surface area contributed by atoms with Crippen LogP contribution in [0.4, 0.5) is 17.1 Å².